The van der Waals surface area contributed by atoms with E-state index in [1.165, 1.54) is 0 Å². The van der Waals surface area contributed by atoms with Gasteiger partial charge in [0.2, 0.25) is 0 Å². The number of anilines is 1. The molecule has 1 aliphatic rings. The number of hydrogen-bond donors (Lipinski definition) is 2. The summed E-state index contributed by atoms with van der Waals surface area (Å²) in [4.78, 5) is 13.4. The summed E-state index contributed by atoms with van der Waals surface area (Å²) in [6, 6.07) is 15.8. The second kappa shape index (κ2) is 7.68. The maximum absolute atomic E-state index is 11.7. The van der Waals surface area contributed by atoms with Gasteiger partial charge in [0.1, 0.15) is 6.61 Å². The van der Waals surface area contributed by atoms with Crippen LogP contribution in [0.25, 0.3) is 0 Å². The molecule has 1 saturated heterocycles. The lowest BCUT2D eigenvalue weighted by Crippen LogP contribution is -2.26. The van der Waals surface area contributed by atoms with E-state index in [2.05, 4.69) is 5.32 Å². The van der Waals surface area contributed by atoms with Crippen LogP contribution in [0.4, 0.5) is 10.5 Å². The number of nitrogens with one attached hydrogen (secondary N) is 1. The summed E-state index contributed by atoms with van der Waals surface area (Å²) in [7, 11) is 0. The van der Waals surface area contributed by atoms with Gasteiger partial charge < -0.3 is 15.2 Å². The Bertz CT molecular complexity index is 747. The van der Waals surface area contributed by atoms with E-state index in [1.807, 2.05) is 62.4 Å². The van der Waals surface area contributed by atoms with Crippen molar-refractivity contribution in [2.75, 3.05) is 24.6 Å². The standard InChI is InChI=1S/C20H24N2O3/c1-14-6-3-4-9-18(14)19(23)13-21-15(2)16-7-5-8-17(12-16)22-10-11-25-20(22)24/h3-9,12,15,19,21,23H,10-11,13H2,1-2H3. The molecule has 2 unspecified atom stereocenters. The number of cyclic esters (lactones) is 1. The third-order valence-corrected chi connectivity index (χ3v) is 4.61. The van der Waals surface area contributed by atoms with Crippen molar-refractivity contribution in [3.05, 3.63) is 65.2 Å². The molecular weight excluding hydrogens is 316 g/mol. The minimum atomic E-state index is -0.555. The first kappa shape index (κ1) is 17.5. The van der Waals surface area contributed by atoms with Crippen molar-refractivity contribution in [2.24, 2.45) is 0 Å². The molecule has 2 aromatic rings. The quantitative estimate of drug-likeness (QED) is 0.847. The fraction of sp³-hybridized carbons (Fsp3) is 0.350. The molecule has 0 aliphatic carbocycles. The molecule has 0 saturated carbocycles. The molecule has 2 aromatic carbocycles. The smallest absolute Gasteiger partial charge is 0.414 e. The maximum atomic E-state index is 11.7. The molecular formula is C20H24N2O3. The normalized spacial score (nSPS) is 16.6. The van der Waals surface area contributed by atoms with E-state index >= 15 is 0 Å². The number of rotatable bonds is 6. The van der Waals surface area contributed by atoms with Crippen molar-refractivity contribution in [1.82, 2.24) is 5.32 Å². The number of nitrogens with zero attached hydrogens (tertiary/aromatic N) is 1. The molecule has 2 N–H and O–H groups in total. The summed E-state index contributed by atoms with van der Waals surface area (Å²) in [5, 5.41) is 13.8. The van der Waals surface area contributed by atoms with Crippen molar-refractivity contribution in [1.29, 1.82) is 0 Å². The molecule has 1 heterocycles. The topological polar surface area (TPSA) is 61.8 Å². The van der Waals surface area contributed by atoms with Gasteiger partial charge in [-0.1, -0.05) is 36.4 Å². The number of carbonyl (C=O) groups excluding carboxylic acids is 1. The van der Waals surface area contributed by atoms with Crippen LogP contribution in [0.1, 0.15) is 35.8 Å². The van der Waals surface area contributed by atoms with Crippen LogP contribution < -0.4 is 10.2 Å². The number of aliphatic hydroxyl groups excluding tert-OH is 1. The van der Waals surface area contributed by atoms with Crippen molar-refractivity contribution in [2.45, 2.75) is 26.0 Å². The summed E-state index contributed by atoms with van der Waals surface area (Å²) in [5.41, 5.74) is 3.93. The van der Waals surface area contributed by atoms with Crippen LogP contribution in [0, 0.1) is 6.92 Å². The number of amides is 1. The molecule has 5 heteroatoms. The first-order valence-electron chi connectivity index (χ1n) is 8.57. The minimum absolute atomic E-state index is 0.0530. The molecule has 2 atom stereocenters. The van der Waals surface area contributed by atoms with Crippen LogP contribution in [-0.2, 0) is 4.74 Å². The SMILES string of the molecule is Cc1ccccc1C(O)CNC(C)c1cccc(N2CCOC2=O)c1. The van der Waals surface area contributed by atoms with Crippen LogP contribution in [0.5, 0.6) is 0 Å². The van der Waals surface area contributed by atoms with Crippen LogP contribution >= 0.6 is 0 Å². The zero-order valence-electron chi connectivity index (χ0n) is 14.6. The van der Waals surface area contributed by atoms with Crippen molar-refractivity contribution in [3.63, 3.8) is 0 Å². The summed E-state index contributed by atoms with van der Waals surface area (Å²) in [6.07, 6.45) is -0.854. The summed E-state index contributed by atoms with van der Waals surface area (Å²) >= 11 is 0. The Morgan fingerprint density at radius 2 is 2.04 bits per heavy atom. The zero-order valence-corrected chi connectivity index (χ0v) is 14.6. The zero-order chi connectivity index (χ0) is 17.8. The van der Waals surface area contributed by atoms with Gasteiger partial charge in [-0.2, -0.15) is 0 Å². The molecule has 5 nitrogen and oxygen atoms in total. The Morgan fingerprint density at radius 1 is 1.24 bits per heavy atom. The van der Waals surface area contributed by atoms with E-state index in [-0.39, 0.29) is 12.1 Å². The van der Waals surface area contributed by atoms with Gasteiger partial charge in [0.15, 0.2) is 0 Å². The highest BCUT2D eigenvalue weighted by Gasteiger charge is 2.24. The molecule has 0 aromatic heterocycles. The lowest BCUT2D eigenvalue weighted by atomic mass is 10.0. The minimum Gasteiger partial charge on any atom is -0.447 e. The first-order chi connectivity index (χ1) is 12.1. The Labute approximate surface area is 148 Å². The highest BCUT2D eigenvalue weighted by molar-refractivity contribution is 5.89. The lowest BCUT2D eigenvalue weighted by Gasteiger charge is -2.20. The van der Waals surface area contributed by atoms with E-state index in [1.54, 1.807) is 4.90 Å². The third kappa shape index (κ3) is 4.00. The third-order valence-electron chi connectivity index (χ3n) is 4.61. The average molecular weight is 340 g/mol. The predicted octanol–water partition coefficient (Wildman–Crippen LogP) is 3.34. The molecule has 0 bridgehead atoms. The monoisotopic (exact) mass is 340 g/mol. The Kier molecular flexibility index (Phi) is 5.36. The molecule has 25 heavy (non-hydrogen) atoms. The van der Waals surface area contributed by atoms with Gasteiger partial charge >= 0.3 is 6.09 Å². The van der Waals surface area contributed by atoms with Gasteiger partial charge in [-0.25, -0.2) is 4.79 Å². The molecule has 0 spiro atoms. The molecule has 3 rings (SSSR count). The van der Waals surface area contributed by atoms with E-state index < -0.39 is 6.10 Å². The average Bonchev–Trinajstić information content (AvgIpc) is 3.06. The van der Waals surface area contributed by atoms with E-state index in [9.17, 15) is 9.90 Å². The molecule has 132 valence electrons. The van der Waals surface area contributed by atoms with Gasteiger partial charge in [0.25, 0.3) is 0 Å². The second-order valence-corrected chi connectivity index (χ2v) is 6.36. The highest BCUT2D eigenvalue weighted by atomic mass is 16.6. The molecule has 1 amide bonds. The maximum Gasteiger partial charge on any atom is 0.414 e. The fourth-order valence-corrected chi connectivity index (χ4v) is 3.07. The van der Waals surface area contributed by atoms with Crippen LogP contribution in [0.3, 0.4) is 0 Å². The lowest BCUT2D eigenvalue weighted by molar-refractivity contribution is 0.170. The predicted molar refractivity (Wildman–Crippen MR) is 97.7 cm³/mol. The van der Waals surface area contributed by atoms with Gasteiger partial charge in [-0.3, -0.25) is 4.90 Å². The number of hydrogen-bond acceptors (Lipinski definition) is 4. The van der Waals surface area contributed by atoms with Gasteiger partial charge in [-0.15, -0.1) is 0 Å². The van der Waals surface area contributed by atoms with Gasteiger partial charge in [-0.05, 0) is 42.7 Å². The van der Waals surface area contributed by atoms with Crippen LogP contribution in [0.15, 0.2) is 48.5 Å². The van der Waals surface area contributed by atoms with Crippen molar-refractivity contribution in [3.8, 4) is 0 Å². The summed E-state index contributed by atoms with van der Waals surface area (Å²) < 4.78 is 5.00. The largest absolute Gasteiger partial charge is 0.447 e. The fourth-order valence-electron chi connectivity index (χ4n) is 3.07. The van der Waals surface area contributed by atoms with E-state index in [4.69, 9.17) is 4.74 Å². The second-order valence-electron chi connectivity index (χ2n) is 6.36. The van der Waals surface area contributed by atoms with Crippen molar-refractivity contribution >= 4 is 11.8 Å². The van der Waals surface area contributed by atoms with E-state index in [0.717, 1.165) is 22.4 Å². The molecule has 1 aliphatic heterocycles. The van der Waals surface area contributed by atoms with Gasteiger partial charge in [0, 0.05) is 18.3 Å². The number of aryl methyl sites for hydroxylation is 1. The first-order valence-corrected chi connectivity index (χ1v) is 8.57. The number of aliphatic hydroxyl groups is 1. The summed E-state index contributed by atoms with van der Waals surface area (Å²) in [5.74, 6) is 0. The summed E-state index contributed by atoms with van der Waals surface area (Å²) in [6.45, 7) is 5.52. The van der Waals surface area contributed by atoms with Gasteiger partial charge in [0.05, 0.1) is 12.6 Å². The Hall–Kier alpha value is -2.37. The Balaban J connectivity index is 1.64. The highest BCUT2D eigenvalue weighted by Crippen LogP contribution is 2.24. The number of carbonyl (C=O) groups is 1. The van der Waals surface area contributed by atoms with E-state index in [0.29, 0.717) is 19.7 Å². The number of benzene rings is 2. The molecule has 1 fully saturated rings. The Morgan fingerprint density at radius 3 is 2.76 bits per heavy atom. The van der Waals surface area contributed by atoms with Crippen LogP contribution in [-0.4, -0.2) is 30.9 Å². The molecule has 0 radical (unpaired) electrons. The van der Waals surface area contributed by atoms with Crippen molar-refractivity contribution < 1.29 is 14.6 Å². The van der Waals surface area contributed by atoms with Crippen LogP contribution in [0.2, 0.25) is 0 Å². The number of ether oxygens (including phenoxy) is 1.